The number of piperidine rings is 1. The first-order chi connectivity index (χ1) is 12.4. The van der Waals surface area contributed by atoms with Gasteiger partial charge in [-0.15, -0.1) is 11.3 Å². The van der Waals surface area contributed by atoms with E-state index in [2.05, 4.69) is 10.3 Å². The third kappa shape index (κ3) is 4.24. The molecule has 1 aromatic carbocycles. The fourth-order valence-corrected chi connectivity index (χ4v) is 3.71. The smallest absolute Gasteiger partial charge is 0.317 e. The molecule has 0 saturated carbocycles. The predicted molar refractivity (Wildman–Crippen MR) is 94.1 cm³/mol. The summed E-state index contributed by atoms with van der Waals surface area (Å²) < 4.78 is 27.1. The predicted octanol–water partition coefficient (Wildman–Crippen LogP) is 3.53. The van der Waals surface area contributed by atoms with E-state index in [1.165, 1.54) is 11.3 Å². The molecule has 0 aliphatic carbocycles. The SMILES string of the molecule is Cc1csc(CNC(=O)N2CCC(C(=O)c3cc(F)ccc3F)CC2)n1. The Morgan fingerprint density at radius 3 is 2.69 bits per heavy atom. The van der Waals surface area contributed by atoms with Gasteiger partial charge in [0.15, 0.2) is 5.78 Å². The number of urea groups is 1. The van der Waals surface area contributed by atoms with Crippen molar-refractivity contribution in [3.8, 4) is 0 Å². The first-order valence-corrected chi connectivity index (χ1v) is 9.25. The number of thiazole rings is 1. The van der Waals surface area contributed by atoms with E-state index < -0.39 is 23.3 Å². The number of rotatable bonds is 4. The fourth-order valence-electron chi connectivity index (χ4n) is 3.00. The minimum absolute atomic E-state index is 0.208. The molecule has 1 aromatic heterocycles. The Morgan fingerprint density at radius 1 is 1.31 bits per heavy atom. The van der Waals surface area contributed by atoms with Crippen molar-refractivity contribution in [2.24, 2.45) is 5.92 Å². The third-order valence-corrected chi connectivity index (χ3v) is 5.37. The van der Waals surface area contributed by atoms with Crippen LogP contribution in [0, 0.1) is 24.5 Å². The summed E-state index contributed by atoms with van der Waals surface area (Å²) in [5.74, 6) is -2.16. The Labute approximate surface area is 154 Å². The van der Waals surface area contributed by atoms with Crippen LogP contribution >= 0.6 is 11.3 Å². The van der Waals surface area contributed by atoms with Crippen molar-refractivity contribution in [1.29, 1.82) is 0 Å². The molecular weight excluding hydrogens is 360 g/mol. The maximum absolute atomic E-state index is 13.8. The number of Topliss-reactive ketones (excluding diaryl/α,β-unsaturated/α-hetero) is 1. The summed E-state index contributed by atoms with van der Waals surface area (Å²) in [4.78, 5) is 30.6. The lowest BCUT2D eigenvalue weighted by Gasteiger charge is -2.31. The monoisotopic (exact) mass is 379 g/mol. The highest BCUT2D eigenvalue weighted by molar-refractivity contribution is 7.09. The van der Waals surface area contributed by atoms with Crippen LogP contribution in [0.25, 0.3) is 0 Å². The lowest BCUT2D eigenvalue weighted by atomic mass is 9.88. The van der Waals surface area contributed by atoms with Crippen LogP contribution in [0.3, 0.4) is 0 Å². The number of nitrogens with zero attached hydrogens (tertiary/aromatic N) is 2. The van der Waals surface area contributed by atoms with Crippen molar-refractivity contribution < 1.29 is 18.4 Å². The number of aromatic nitrogens is 1. The van der Waals surface area contributed by atoms with Gasteiger partial charge in [-0.1, -0.05) is 0 Å². The van der Waals surface area contributed by atoms with Crippen LogP contribution in [0.1, 0.15) is 33.9 Å². The zero-order valence-corrected chi connectivity index (χ0v) is 15.1. The summed E-state index contributed by atoms with van der Waals surface area (Å²) in [5, 5.41) is 5.57. The van der Waals surface area contributed by atoms with Gasteiger partial charge < -0.3 is 10.2 Å². The van der Waals surface area contributed by atoms with Crippen molar-refractivity contribution in [3.63, 3.8) is 0 Å². The number of hydrogen-bond acceptors (Lipinski definition) is 4. The largest absolute Gasteiger partial charge is 0.331 e. The molecule has 1 aliphatic heterocycles. The van der Waals surface area contributed by atoms with Gasteiger partial charge in [0, 0.05) is 30.1 Å². The number of benzene rings is 1. The number of hydrogen-bond donors (Lipinski definition) is 1. The van der Waals surface area contributed by atoms with Crippen molar-refractivity contribution in [2.45, 2.75) is 26.3 Å². The Hall–Kier alpha value is -2.35. The topological polar surface area (TPSA) is 62.3 Å². The number of carbonyl (C=O) groups is 2. The average Bonchev–Trinajstić information content (AvgIpc) is 3.06. The molecular formula is C18H19F2N3O2S. The fraction of sp³-hybridized carbons (Fsp3) is 0.389. The van der Waals surface area contributed by atoms with Crippen LogP contribution in [0.4, 0.5) is 13.6 Å². The van der Waals surface area contributed by atoms with Crippen LogP contribution in [0.5, 0.6) is 0 Å². The van der Waals surface area contributed by atoms with Crippen molar-refractivity contribution in [3.05, 3.63) is 51.5 Å². The van der Waals surface area contributed by atoms with Gasteiger partial charge in [-0.3, -0.25) is 4.79 Å². The molecule has 1 N–H and O–H groups in total. The van der Waals surface area contributed by atoms with E-state index >= 15 is 0 Å². The number of amides is 2. The van der Waals surface area contributed by atoms with Gasteiger partial charge in [0.25, 0.3) is 0 Å². The molecule has 1 saturated heterocycles. The van der Waals surface area contributed by atoms with Crippen molar-refractivity contribution in [2.75, 3.05) is 13.1 Å². The number of halogens is 2. The third-order valence-electron chi connectivity index (χ3n) is 4.40. The van der Waals surface area contributed by atoms with Crippen LogP contribution < -0.4 is 5.32 Å². The first-order valence-electron chi connectivity index (χ1n) is 8.37. The Kier molecular flexibility index (Phi) is 5.61. The number of carbonyl (C=O) groups excluding carboxylic acids is 2. The maximum Gasteiger partial charge on any atom is 0.317 e. The van der Waals surface area contributed by atoms with Gasteiger partial charge in [-0.25, -0.2) is 18.6 Å². The first kappa shape index (κ1) is 18.4. The molecule has 0 unspecified atom stereocenters. The molecule has 1 fully saturated rings. The van der Waals surface area contributed by atoms with Crippen LogP contribution in [-0.4, -0.2) is 34.8 Å². The second kappa shape index (κ2) is 7.90. The van der Waals surface area contributed by atoms with Crippen LogP contribution in [0.15, 0.2) is 23.6 Å². The summed E-state index contributed by atoms with van der Waals surface area (Å²) in [6.45, 7) is 3.06. The zero-order chi connectivity index (χ0) is 18.7. The molecule has 0 atom stereocenters. The van der Waals surface area contributed by atoms with Crippen LogP contribution in [0.2, 0.25) is 0 Å². The molecule has 8 heteroatoms. The number of likely N-dealkylation sites (tertiary alicyclic amines) is 1. The van der Waals surface area contributed by atoms with E-state index in [0.29, 0.717) is 32.5 Å². The molecule has 3 rings (SSSR count). The molecule has 5 nitrogen and oxygen atoms in total. The van der Waals surface area contributed by atoms with Gasteiger partial charge in [-0.2, -0.15) is 0 Å². The zero-order valence-electron chi connectivity index (χ0n) is 14.3. The van der Waals surface area contributed by atoms with Gasteiger partial charge in [0.1, 0.15) is 16.6 Å². The second-order valence-corrected chi connectivity index (χ2v) is 7.23. The number of aryl methyl sites for hydroxylation is 1. The molecule has 2 aromatic rings. The summed E-state index contributed by atoms with van der Waals surface area (Å²) in [5.41, 5.74) is 0.704. The number of nitrogens with one attached hydrogen (secondary N) is 1. The van der Waals surface area contributed by atoms with Crippen molar-refractivity contribution in [1.82, 2.24) is 15.2 Å². The quantitative estimate of drug-likeness (QED) is 0.827. The van der Waals surface area contributed by atoms with E-state index in [-0.39, 0.29) is 11.6 Å². The molecule has 2 amide bonds. The van der Waals surface area contributed by atoms with E-state index in [9.17, 15) is 18.4 Å². The molecule has 1 aliphatic rings. The molecule has 2 heterocycles. The Morgan fingerprint density at radius 2 is 2.04 bits per heavy atom. The Balaban J connectivity index is 1.52. The molecule has 0 spiro atoms. The minimum atomic E-state index is -0.713. The standard InChI is InChI=1S/C18H19F2N3O2S/c1-11-10-26-16(22-11)9-21-18(25)23-6-4-12(5-7-23)17(24)14-8-13(19)2-3-15(14)20/h2-3,8,10,12H,4-7,9H2,1H3,(H,21,25). The average molecular weight is 379 g/mol. The summed E-state index contributed by atoms with van der Waals surface area (Å²) >= 11 is 1.49. The highest BCUT2D eigenvalue weighted by atomic mass is 32.1. The van der Waals surface area contributed by atoms with Crippen LogP contribution in [-0.2, 0) is 6.54 Å². The second-order valence-electron chi connectivity index (χ2n) is 6.29. The molecule has 138 valence electrons. The van der Waals surface area contributed by atoms with E-state index in [1.54, 1.807) is 4.90 Å². The highest BCUT2D eigenvalue weighted by Crippen LogP contribution is 2.24. The van der Waals surface area contributed by atoms with Gasteiger partial charge >= 0.3 is 6.03 Å². The number of ketones is 1. The van der Waals surface area contributed by atoms with Gasteiger partial charge in [0.2, 0.25) is 0 Å². The Bertz CT molecular complexity index is 817. The normalized spacial score (nSPS) is 15.1. The molecule has 26 heavy (non-hydrogen) atoms. The van der Waals surface area contributed by atoms with Crippen molar-refractivity contribution >= 4 is 23.2 Å². The lowest BCUT2D eigenvalue weighted by Crippen LogP contribution is -2.45. The maximum atomic E-state index is 13.8. The molecule has 0 radical (unpaired) electrons. The van der Waals surface area contributed by atoms with Gasteiger partial charge in [0.05, 0.1) is 12.1 Å². The van der Waals surface area contributed by atoms with E-state index in [4.69, 9.17) is 0 Å². The highest BCUT2D eigenvalue weighted by Gasteiger charge is 2.29. The van der Waals surface area contributed by atoms with E-state index in [0.717, 1.165) is 28.9 Å². The lowest BCUT2D eigenvalue weighted by molar-refractivity contribution is 0.0849. The summed E-state index contributed by atoms with van der Waals surface area (Å²) in [6.07, 6.45) is 0.858. The van der Waals surface area contributed by atoms with Gasteiger partial charge in [-0.05, 0) is 38.0 Å². The van der Waals surface area contributed by atoms with E-state index in [1.807, 2.05) is 12.3 Å². The molecule has 0 bridgehead atoms. The summed E-state index contributed by atoms with van der Waals surface area (Å²) in [7, 11) is 0. The summed E-state index contributed by atoms with van der Waals surface area (Å²) in [6, 6.07) is 2.68. The minimum Gasteiger partial charge on any atom is -0.331 e.